The predicted molar refractivity (Wildman–Crippen MR) is 48.4 cm³/mol. The molecule has 0 aromatic rings. The number of hydrogen-bond donors (Lipinski definition) is 1. The van der Waals surface area contributed by atoms with Crippen LogP contribution in [0.25, 0.3) is 0 Å². The molecule has 0 aromatic heterocycles. The Balaban J connectivity index is 2.29. The van der Waals surface area contributed by atoms with E-state index < -0.39 is 0 Å². The van der Waals surface area contributed by atoms with Crippen molar-refractivity contribution in [3.8, 4) is 0 Å². The van der Waals surface area contributed by atoms with E-state index in [0.717, 1.165) is 12.5 Å². The van der Waals surface area contributed by atoms with Gasteiger partial charge in [0.2, 0.25) is 0 Å². The predicted octanol–water partition coefficient (Wildman–Crippen LogP) is 0.923. The van der Waals surface area contributed by atoms with Crippen molar-refractivity contribution in [2.75, 3.05) is 26.2 Å². The fourth-order valence-electron chi connectivity index (χ4n) is 1.81. The fraction of sp³-hybridized carbons (Fsp3) is 1.00. The van der Waals surface area contributed by atoms with Gasteiger partial charge in [0.25, 0.3) is 0 Å². The van der Waals surface area contributed by atoms with Crippen LogP contribution in [-0.2, 0) is 0 Å². The van der Waals surface area contributed by atoms with Crippen molar-refractivity contribution in [3.05, 3.63) is 0 Å². The molecule has 1 aliphatic heterocycles. The van der Waals surface area contributed by atoms with Crippen LogP contribution in [0.1, 0.15) is 20.3 Å². The second-order valence-corrected chi connectivity index (χ2v) is 3.65. The zero-order chi connectivity index (χ0) is 8.27. The van der Waals surface area contributed by atoms with Crippen molar-refractivity contribution in [1.82, 2.24) is 4.90 Å². The maximum absolute atomic E-state index is 5.62. The van der Waals surface area contributed by atoms with Crippen LogP contribution in [0.3, 0.4) is 0 Å². The standard InChI is InChI=1S/C9H20N2/c1-3-11-5-4-9(7-11)8(2)6-10/h8-9H,3-7,10H2,1-2H3. The normalized spacial score (nSPS) is 29.2. The Hall–Kier alpha value is -0.0800. The molecule has 66 valence electrons. The molecule has 2 unspecified atom stereocenters. The smallest absolute Gasteiger partial charge is 0.00130 e. The molecule has 1 heterocycles. The van der Waals surface area contributed by atoms with Gasteiger partial charge in [0.05, 0.1) is 0 Å². The van der Waals surface area contributed by atoms with Crippen LogP contribution in [0.15, 0.2) is 0 Å². The van der Waals surface area contributed by atoms with Crippen molar-refractivity contribution in [3.63, 3.8) is 0 Å². The Kier molecular flexibility index (Phi) is 3.34. The van der Waals surface area contributed by atoms with Crippen LogP contribution in [0.2, 0.25) is 0 Å². The van der Waals surface area contributed by atoms with Crippen LogP contribution in [0.5, 0.6) is 0 Å². The zero-order valence-electron chi connectivity index (χ0n) is 7.71. The largest absolute Gasteiger partial charge is 0.330 e. The van der Waals surface area contributed by atoms with E-state index in [1.54, 1.807) is 0 Å². The molecule has 1 saturated heterocycles. The maximum atomic E-state index is 5.62. The first-order valence-electron chi connectivity index (χ1n) is 4.70. The van der Waals surface area contributed by atoms with Gasteiger partial charge in [-0.15, -0.1) is 0 Å². The zero-order valence-corrected chi connectivity index (χ0v) is 7.71. The lowest BCUT2D eigenvalue weighted by Crippen LogP contribution is -2.25. The van der Waals surface area contributed by atoms with E-state index in [1.165, 1.54) is 26.1 Å². The van der Waals surface area contributed by atoms with Gasteiger partial charge in [-0.2, -0.15) is 0 Å². The highest BCUT2D eigenvalue weighted by Crippen LogP contribution is 2.22. The summed E-state index contributed by atoms with van der Waals surface area (Å²) < 4.78 is 0. The van der Waals surface area contributed by atoms with E-state index in [2.05, 4.69) is 18.7 Å². The summed E-state index contributed by atoms with van der Waals surface area (Å²) in [6.07, 6.45) is 1.35. The lowest BCUT2D eigenvalue weighted by molar-refractivity contribution is 0.311. The molecule has 11 heavy (non-hydrogen) atoms. The lowest BCUT2D eigenvalue weighted by atomic mass is 9.94. The van der Waals surface area contributed by atoms with E-state index in [4.69, 9.17) is 5.73 Å². The van der Waals surface area contributed by atoms with Crippen LogP contribution >= 0.6 is 0 Å². The summed E-state index contributed by atoms with van der Waals surface area (Å²) in [5, 5.41) is 0. The van der Waals surface area contributed by atoms with E-state index in [1.807, 2.05) is 0 Å². The molecule has 1 aliphatic rings. The number of nitrogens with zero attached hydrogens (tertiary/aromatic N) is 1. The molecule has 0 saturated carbocycles. The summed E-state index contributed by atoms with van der Waals surface area (Å²) in [6, 6.07) is 0. The third kappa shape index (κ3) is 2.17. The Morgan fingerprint density at radius 2 is 2.36 bits per heavy atom. The highest BCUT2D eigenvalue weighted by molar-refractivity contribution is 4.78. The molecule has 0 amide bonds. The van der Waals surface area contributed by atoms with Crippen molar-refractivity contribution < 1.29 is 0 Å². The fourth-order valence-corrected chi connectivity index (χ4v) is 1.81. The molecular weight excluding hydrogens is 136 g/mol. The topological polar surface area (TPSA) is 29.3 Å². The minimum absolute atomic E-state index is 0.714. The number of likely N-dealkylation sites (tertiary alicyclic amines) is 1. The summed E-state index contributed by atoms with van der Waals surface area (Å²) in [7, 11) is 0. The van der Waals surface area contributed by atoms with Crippen molar-refractivity contribution in [1.29, 1.82) is 0 Å². The molecule has 0 bridgehead atoms. The van der Waals surface area contributed by atoms with Crippen LogP contribution in [-0.4, -0.2) is 31.1 Å². The third-order valence-corrected chi connectivity index (χ3v) is 2.93. The first-order valence-corrected chi connectivity index (χ1v) is 4.70. The van der Waals surface area contributed by atoms with Gasteiger partial charge in [-0.1, -0.05) is 13.8 Å². The van der Waals surface area contributed by atoms with Gasteiger partial charge in [0, 0.05) is 6.54 Å². The Morgan fingerprint density at radius 1 is 1.64 bits per heavy atom. The van der Waals surface area contributed by atoms with Gasteiger partial charge in [-0.25, -0.2) is 0 Å². The van der Waals surface area contributed by atoms with Crippen LogP contribution < -0.4 is 5.73 Å². The summed E-state index contributed by atoms with van der Waals surface area (Å²) in [5.41, 5.74) is 5.62. The van der Waals surface area contributed by atoms with Gasteiger partial charge in [0.15, 0.2) is 0 Å². The summed E-state index contributed by atoms with van der Waals surface area (Å²) in [5.74, 6) is 1.58. The second-order valence-electron chi connectivity index (χ2n) is 3.65. The Bertz CT molecular complexity index is 114. The first kappa shape index (κ1) is 9.01. The Labute approximate surface area is 69.8 Å². The molecule has 2 atom stereocenters. The van der Waals surface area contributed by atoms with Gasteiger partial charge in [-0.3, -0.25) is 0 Å². The maximum Gasteiger partial charge on any atom is 0.00130 e. The highest BCUT2D eigenvalue weighted by Gasteiger charge is 2.24. The van der Waals surface area contributed by atoms with E-state index in [9.17, 15) is 0 Å². The summed E-state index contributed by atoms with van der Waals surface area (Å²) in [4.78, 5) is 2.51. The molecule has 1 rings (SSSR count). The monoisotopic (exact) mass is 156 g/mol. The van der Waals surface area contributed by atoms with Crippen molar-refractivity contribution >= 4 is 0 Å². The second kappa shape index (κ2) is 4.07. The van der Waals surface area contributed by atoms with E-state index >= 15 is 0 Å². The Morgan fingerprint density at radius 3 is 2.82 bits per heavy atom. The van der Waals surface area contributed by atoms with Gasteiger partial charge < -0.3 is 10.6 Å². The summed E-state index contributed by atoms with van der Waals surface area (Å²) >= 11 is 0. The average molecular weight is 156 g/mol. The molecule has 2 heteroatoms. The van der Waals surface area contributed by atoms with E-state index in [0.29, 0.717) is 5.92 Å². The number of rotatable bonds is 3. The third-order valence-electron chi connectivity index (χ3n) is 2.93. The quantitative estimate of drug-likeness (QED) is 0.658. The minimum Gasteiger partial charge on any atom is -0.330 e. The molecular formula is C9H20N2. The SMILES string of the molecule is CCN1CCC(C(C)CN)C1. The summed E-state index contributed by atoms with van der Waals surface area (Å²) in [6.45, 7) is 9.11. The highest BCUT2D eigenvalue weighted by atomic mass is 15.1. The van der Waals surface area contributed by atoms with Crippen molar-refractivity contribution in [2.24, 2.45) is 17.6 Å². The van der Waals surface area contributed by atoms with Crippen LogP contribution in [0.4, 0.5) is 0 Å². The number of hydrogen-bond acceptors (Lipinski definition) is 2. The molecule has 0 radical (unpaired) electrons. The molecule has 0 aromatic carbocycles. The molecule has 0 spiro atoms. The van der Waals surface area contributed by atoms with Gasteiger partial charge in [0.1, 0.15) is 0 Å². The molecule has 2 nitrogen and oxygen atoms in total. The molecule has 1 fully saturated rings. The lowest BCUT2D eigenvalue weighted by Gasteiger charge is -2.17. The average Bonchev–Trinajstić information content (AvgIpc) is 2.50. The van der Waals surface area contributed by atoms with Crippen LogP contribution in [0, 0.1) is 11.8 Å². The van der Waals surface area contributed by atoms with Gasteiger partial charge >= 0.3 is 0 Å². The van der Waals surface area contributed by atoms with Crippen molar-refractivity contribution in [2.45, 2.75) is 20.3 Å². The number of nitrogens with two attached hydrogens (primary N) is 1. The van der Waals surface area contributed by atoms with Gasteiger partial charge in [-0.05, 0) is 37.9 Å². The molecule has 0 aliphatic carbocycles. The molecule has 2 N–H and O–H groups in total. The minimum atomic E-state index is 0.714. The van der Waals surface area contributed by atoms with E-state index in [-0.39, 0.29) is 0 Å². The first-order chi connectivity index (χ1) is 5.27.